The summed E-state index contributed by atoms with van der Waals surface area (Å²) in [6.07, 6.45) is 0. The van der Waals surface area contributed by atoms with Crippen LogP contribution in [0.25, 0.3) is 22.2 Å². The lowest BCUT2D eigenvalue weighted by Gasteiger charge is -2.11. The van der Waals surface area contributed by atoms with Crippen molar-refractivity contribution < 1.29 is 9.23 Å². The lowest BCUT2D eigenvalue weighted by atomic mass is 10.1. The Hall–Kier alpha value is -2.80. The molecule has 0 saturated carbocycles. The van der Waals surface area contributed by atoms with Crippen molar-refractivity contribution in [2.45, 2.75) is 6.92 Å². The first-order valence-corrected chi connectivity index (χ1v) is 6.67. The summed E-state index contributed by atoms with van der Waals surface area (Å²) in [6, 6.07) is 15.8. The van der Waals surface area contributed by atoms with E-state index in [9.17, 15) is 4.39 Å². The minimum atomic E-state index is -0.274. The lowest BCUT2D eigenvalue weighted by Crippen LogP contribution is -2.11. The maximum Gasteiger partial charge on any atom is 0.123 e. The smallest absolute Gasteiger partial charge is 0.123 e. The third-order valence-corrected chi connectivity index (χ3v) is 3.29. The molecule has 0 fully saturated rings. The fourth-order valence-corrected chi connectivity index (χ4v) is 2.34. The predicted octanol–water partition coefficient (Wildman–Crippen LogP) is 3.77. The van der Waals surface area contributed by atoms with E-state index < -0.39 is 0 Å². The molecule has 0 bridgehead atoms. The number of fused-ring (bicyclic) bond motifs is 1. The quantitative estimate of drug-likeness (QED) is 0.732. The lowest BCUT2D eigenvalue weighted by molar-refractivity contribution is 0.136. The second kappa shape index (κ2) is 5.29. The minimum Gasteiger partial charge on any atom is -0.414 e. The maximum atomic E-state index is 13.1. The van der Waals surface area contributed by atoms with Crippen molar-refractivity contribution in [1.29, 1.82) is 5.26 Å². The summed E-state index contributed by atoms with van der Waals surface area (Å²) in [7, 11) is 0. The average Bonchev–Trinajstić information content (AvgIpc) is 2.86. The molecule has 1 heterocycles. The van der Waals surface area contributed by atoms with E-state index in [1.165, 1.54) is 12.1 Å². The Morgan fingerprint density at radius 2 is 1.90 bits per heavy atom. The van der Waals surface area contributed by atoms with E-state index in [1.54, 1.807) is 29.0 Å². The van der Waals surface area contributed by atoms with Gasteiger partial charge in [-0.05, 0) is 49.4 Å². The number of nitrogens with zero attached hydrogens (tertiary/aromatic N) is 2. The van der Waals surface area contributed by atoms with E-state index in [0.29, 0.717) is 12.2 Å². The van der Waals surface area contributed by atoms with E-state index >= 15 is 0 Å². The second-order valence-electron chi connectivity index (χ2n) is 4.63. The zero-order chi connectivity index (χ0) is 14.8. The molecule has 0 N–H and O–H groups in total. The molecule has 3 rings (SSSR count). The van der Waals surface area contributed by atoms with Crippen LogP contribution in [0.3, 0.4) is 0 Å². The zero-order valence-corrected chi connectivity index (χ0v) is 11.5. The van der Waals surface area contributed by atoms with Crippen molar-refractivity contribution in [2.75, 3.05) is 6.61 Å². The van der Waals surface area contributed by atoms with E-state index in [4.69, 9.17) is 10.1 Å². The molecular formula is C17H13FN2O. The van der Waals surface area contributed by atoms with E-state index in [2.05, 4.69) is 6.07 Å². The van der Waals surface area contributed by atoms with Gasteiger partial charge in [-0.1, -0.05) is 6.07 Å². The number of hydrogen-bond donors (Lipinski definition) is 0. The molecule has 4 heteroatoms. The maximum absolute atomic E-state index is 13.1. The molecule has 0 aliphatic heterocycles. The normalized spacial score (nSPS) is 10.5. The Labute approximate surface area is 121 Å². The predicted molar refractivity (Wildman–Crippen MR) is 79.2 cm³/mol. The Kier molecular flexibility index (Phi) is 3.33. The van der Waals surface area contributed by atoms with Crippen LogP contribution in [-0.2, 0) is 0 Å². The molecule has 0 atom stereocenters. The molecule has 0 radical (unpaired) electrons. The van der Waals surface area contributed by atoms with Gasteiger partial charge in [0.1, 0.15) is 12.4 Å². The Morgan fingerprint density at radius 3 is 2.57 bits per heavy atom. The summed E-state index contributed by atoms with van der Waals surface area (Å²) >= 11 is 0. The topological polar surface area (TPSA) is 38.0 Å². The fourth-order valence-electron chi connectivity index (χ4n) is 2.34. The largest absolute Gasteiger partial charge is 0.414 e. The Balaban J connectivity index is 2.24. The van der Waals surface area contributed by atoms with Crippen LogP contribution in [0, 0.1) is 17.1 Å². The fraction of sp³-hybridized carbons (Fsp3) is 0.118. The SMILES string of the molecule is CCOn1c(-c2ccc(F)cc2)cc2ccc(C#N)cc21. The van der Waals surface area contributed by atoms with Gasteiger partial charge in [-0.25, -0.2) is 4.39 Å². The van der Waals surface area contributed by atoms with Crippen molar-refractivity contribution >= 4 is 10.9 Å². The van der Waals surface area contributed by atoms with E-state index in [-0.39, 0.29) is 5.82 Å². The van der Waals surface area contributed by atoms with E-state index in [1.807, 2.05) is 19.1 Å². The summed E-state index contributed by atoms with van der Waals surface area (Å²) in [5.74, 6) is -0.274. The number of halogens is 1. The Morgan fingerprint density at radius 1 is 1.14 bits per heavy atom. The molecule has 0 saturated heterocycles. The van der Waals surface area contributed by atoms with Crippen molar-refractivity contribution in [1.82, 2.24) is 4.73 Å². The van der Waals surface area contributed by atoms with Crippen LogP contribution in [0.5, 0.6) is 0 Å². The van der Waals surface area contributed by atoms with Crippen LogP contribution in [-0.4, -0.2) is 11.3 Å². The third kappa shape index (κ3) is 2.34. The van der Waals surface area contributed by atoms with Crippen LogP contribution >= 0.6 is 0 Å². The van der Waals surface area contributed by atoms with Gasteiger partial charge in [-0.3, -0.25) is 0 Å². The van der Waals surface area contributed by atoms with Crippen molar-refractivity contribution in [3.63, 3.8) is 0 Å². The van der Waals surface area contributed by atoms with Gasteiger partial charge in [0.05, 0.1) is 22.8 Å². The highest BCUT2D eigenvalue weighted by Gasteiger charge is 2.12. The number of nitriles is 1. The van der Waals surface area contributed by atoms with Crippen LogP contribution in [0.15, 0.2) is 48.5 Å². The molecule has 1 aromatic heterocycles. The van der Waals surface area contributed by atoms with Crippen molar-refractivity contribution in [3.05, 3.63) is 59.9 Å². The van der Waals surface area contributed by atoms with Gasteiger partial charge in [0, 0.05) is 10.9 Å². The second-order valence-corrected chi connectivity index (χ2v) is 4.63. The molecule has 3 nitrogen and oxygen atoms in total. The molecule has 0 aliphatic carbocycles. The Bertz CT molecular complexity index is 828. The van der Waals surface area contributed by atoms with Gasteiger partial charge in [0.2, 0.25) is 0 Å². The van der Waals surface area contributed by atoms with Crippen molar-refractivity contribution in [2.24, 2.45) is 0 Å². The molecule has 0 unspecified atom stereocenters. The number of aromatic nitrogens is 1. The van der Waals surface area contributed by atoms with Crippen LogP contribution in [0.1, 0.15) is 12.5 Å². The van der Waals surface area contributed by atoms with Gasteiger partial charge >= 0.3 is 0 Å². The van der Waals surface area contributed by atoms with Crippen LogP contribution in [0.4, 0.5) is 4.39 Å². The molecular weight excluding hydrogens is 267 g/mol. The highest BCUT2D eigenvalue weighted by molar-refractivity contribution is 5.87. The first-order chi connectivity index (χ1) is 10.2. The third-order valence-electron chi connectivity index (χ3n) is 3.29. The van der Waals surface area contributed by atoms with Crippen LogP contribution in [0.2, 0.25) is 0 Å². The number of benzene rings is 2. The molecule has 2 aromatic carbocycles. The summed E-state index contributed by atoms with van der Waals surface area (Å²) in [5.41, 5.74) is 3.10. The monoisotopic (exact) mass is 280 g/mol. The highest BCUT2D eigenvalue weighted by atomic mass is 19.1. The molecule has 3 aromatic rings. The summed E-state index contributed by atoms with van der Waals surface area (Å²) in [4.78, 5) is 5.69. The molecule has 0 amide bonds. The number of rotatable bonds is 3. The summed E-state index contributed by atoms with van der Waals surface area (Å²) in [5, 5.41) is 10.0. The summed E-state index contributed by atoms with van der Waals surface area (Å²) < 4.78 is 14.8. The minimum absolute atomic E-state index is 0.274. The van der Waals surface area contributed by atoms with Gasteiger partial charge in [0.15, 0.2) is 0 Å². The molecule has 21 heavy (non-hydrogen) atoms. The van der Waals surface area contributed by atoms with E-state index in [0.717, 1.165) is 22.2 Å². The van der Waals surface area contributed by atoms with Gasteiger partial charge in [-0.2, -0.15) is 9.99 Å². The molecule has 104 valence electrons. The standard InChI is InChI=1S/C17H13FN2O/c1-2-21-20-16-9-12(11-19)3-4-14(16)10-17(20)13-5-7-15(18)8-6-13/h3-10H,2H2,1H3. The first kappa shape index (κ1) is 13.2. The molecule has 0 spiro atoms. The van der Waals surface area contributed by atoms with Crippen LogP contribution < -0.4 is 4.84 Å². The van der Waals surface area contributed by atoms with Crippen molar-refractivity contribution in [3.8, 4) is 17.3 Å². The molecule has 0 aliphatic rings. The van der Waals surface area contributed by atoms with Gasteiger partial charge in [0.25, 0.3) is 0 Å². The highest BCUT2D eigenvalue weighted by Crippen LogP contribution is 2.28. The van der Waals surface area contributed by atoms with Gasteiger partial charge < -0.3 is 4.84 Å². The zero-order valence-electron chi connectivity index (χ0n) is 11.5. The number of hydrogen-bond acceptors (Lipinski definition) is 2. The first-order valence-electron chi connectivity index (χ1n) is 6.67. The average molecular weight is 280 g/mol. The summed E-state index contributed by atoms with van der Waals surface area (Å²) in [6.45, 7) is 2.39. The van der Waals surface area contributed by atoms with Gasteiger partial charge in [-0.15, -0.1) is 0 Å².